The third kappa shape index (κ3) is 3.32. The quantitative estimate of drug-likeness (QED) is 0.905. The molecule has 1 N–H and O–H groups in total. The van der Waals surface area contributed by atoms with E-state index in [9.17, 15) is 14.7 Å². The second kappa shape index (κ2) is 6.85. The van der Waals surface area contributed by atoms with Gasteiger partial charge in [-0.25, -0.2) is 4.79 Å². The second-order valence-electron chi connectivity index (χ2n) is 4.72. The molecule has 0 saturated carbocycles. The Morgan fingerprint density at radius 2 is 2.00 bits per heavy atom. The predicted octanol–water partition coefficient (Wildman–Crippen LogP) is 2.46. The van der Waals surface area contributed by atoms with Gasteiger partial charge in [0.15, 0.2) is 0 Å². The minimum atomic E-state index is -0.947. The Morgan fingerprint density at radius 1 is 1.33 bits per heavy atom. The molecule has 0 bridgehead atoms. The summed E-state index contributed by atoms with van der Waals surface area (Å²) >= 11 is 1.52. The van der Waals surface area contributed by atoms with E-state index in [-0.39, 0.29) is 11.3 Å². The topological polar surface area (TPSA) is 66.8 Å². The van der Waals surface area contributed by atoms with Crippen molar-refractivity contribution in [1.29, 1.82) is 0 Å². The summed E-state index contributed by atoms with van der Waals surface area (Å²) in [6, 6.07) is 6.08. The summed E-state index contributed by atoms with van der Waals surface area (Å²) in [7, 11) is 0. The van der Waals surface area contributed by atoms with E-state index < -0.39 is 12.0 Å². The van der Waals surface area contributed by atoms with Crippen LogP contribution in [0.2, 0.25) is 0 Å². The Labute approximate surface area is 128 Å². The van der Waals surface area contributed by atoms with Crippen molar-refractivity contribution in [2.24, 2.45) is 0 Å². The van der Waals surface area contributed by atoms with E-state index in [2.05, 4.69) is 0 Å². The number of carbonyl (C=O) groups excluding carboxylic acids is 1. The SMILES string of the molecule is CCOc1ccc(C(=O)N2C(CC)SCC2C(=O)O)cc1. The van der Waals surface area contributed by atoms with Gasteiger partial charge >= 0.3 is 5.97 Å². The lowest BCUT2D eigenvalue weighted by Crippen LogP contribution is -2.45. The summed E-state index contributed by atoms with van der Waals surface area (Å²) in [5, 5.41) is 9.20. The maximum Gasteiger partial charge on any atom is 0.327 e. The molecule has 1 aliphatic rings. The number of benzene rings is 1. The number of aliphatic carboxylic acids is 1. The van der Waals surface area contributed by atoms with Crippen molar-refractivity contribution < 1.29 is 19.4 Å². The van der Waals surface area contributed by atoms with Gasteiger partial charge in [-0.05, 0) is 37.6 Å². The minimum absolute atomic E-state index is 0.0785. The molecule has 2 unspecified atom stereocenters. The molecule has 21 heavy (non-hydrogen) atoms. The second-order valence-corrected chi connectivity index (χ2v) is 5.93. The Balaban J connectivity index is 2.21. The number of rotatable bonds is 5. The third-order valence-corrected chi connectivity index (χ3v) is 4.83. The lowest BCUT2D eigenvalue weighted by molar-refractivity contribution is -0.141. The molecule has 0 spiro atoms. The van der Waals surface area contributed by atoms with E-state index in [1.54, 1.807) is 24.3 Å². The number of ether oxygens (including phenoxy) is 1. The van der Waals surface area contributed by atoms with Gasteiger partial charge in [0.25, 0.3) is 5.91 Å². The largest absolute Gasteiger partial charge is 0.494 e. The van der Waals surface area contributed by atoms with Crippen molar-refractivity contribution in [3.8, 4) is 5.75 Å². The van der Waals surface area contributed by atoms with Crippen LogP contribution >= 0.6 is 11.8 Å². The summed E-state index contributed by atoms with van der Waals surface area (Å²) in [6.45, 7) is 4.42. The lowest BCUT2D eigenvalue weighted by atomic mass is 10.1. The first-order chi connectivity index (χ1) is 10.1. The van der Waals surface area contributed by atoms with E-state index in [1.165, 1.54) is 16.7 Å². The van der Waals surface area contributed by atoms with Crippen molar-refractivity contribution in [3.63, 3.8) is 0 Å². The zero-order valence-electron chi connectivity index (χ0n) is 12.1. The summed E-state index contributed by atoms with van der Waals surface area (Å²) in [5.74, 6) is -0.0388. The number of carboxylic acid groups (broad SMARTS) is 1. The molecule has 0 radical (unpaired) electrons. The van der Waals surface area contributed by atoms with E-state index in [0.717, 1.165) is 6.42 Å². The molecular weight excluding hydrogens is 290 g/mol. The smallest absolute Gasteiger partial charge is 0.327 e. The summed E-state index contributed by atoms with van der Waals surface area (Å²) in [6.07, 6.45) is 0.733. The van der Waals surface area contributed by atoms with Crippen molar-refractivity contribution in [2.75, 3.05) is 12.4 Å². The molecule has 1 fully saturated rings. The number of hydrogen-bond acceptors (Lipinski definition) is 4. The van der Waals surface area contributed by atoms with Crippen LogP contribution in [0.1, 0.15) is 30.6 Å². The molecule has 2 atom stereocenters. The molecule has 5 nitrogen and oxygen atoms in total. The van der Waals surface area contributed by atoms with Crippen LogP contribution in [0, 0.1) is 0 Å². The van der Waals surface area contributed by atoms with E-state index >= 15 is 0 Å². The van der Waals surface area contributed by atoms with Crippen LogP contribution in [0.4, 0.5) is 0 Å². The van der Waals surface area contributed by atoms with Crippen LogP contribution in [0.5, 0.6) is 5.75 Å². The first-order valence-electron chi connectivity index (χ1n) is 6.98. The van der Waals surface area contributed by atoms with Gasteiger partial charge < -0.3 is 14.7 Å². The molecule has 0 aliphatic carbocycles. The summed E-state index contributed by atoms with van der Waals surface area (Å²) < 4.78 is 5.34. The number of amides is 1. The van der Waals surface area contributed by atoms with Gasteiger partial charge in [0.1, 0.15) is 11.8 Å². The van der Waals surface area contributed by atoms with E-state index in [4.69, 9.17) is 4.74 Å². The molecule has 1 heterocycles. The predicted molar refractivity (Wildman–Crippen MR) is 81.7 cm³/mol. The number of carboxylic acids is 1. The van der Waals surface area contributed by atoms with Crippen molar-refractivity contribution in [3.05, 3.63) is 29.8 Å². The zero-order valence-corrected chi connectivity index (χ0v) is 12.9. The van der Waals surface area contributed by atoms with Gasteiger partial charge in [0, 0.05) is 11.3 Å². The Bertz CT molecular complexity index is 517. The molecular formula is C15H19NO4S. The number of nitrogens with zero attached hydrogens (tertiary/aromatic N) is 1. The van der Waals surface area contributed by atoms with Crippen LogP contribution < -0.4 is 4.74 Å². The number of thioether (sulfide) groups is 1. The highest BCUT2D eigenvalue weighted by molar-refractivity contribution is 8.00. The maximum absolute atomic E-state index is 12.6. The standard InChI is InChI=1S/C15H19NO4S/c1-3-13-16(12(9-21-13)15(18)19)14(17)10-5-7-11(8-6-10)20-4-2/h5-8,12-13H,3-4,9H2,1-2H3,(H,18,19). The van der Waals surface area contributed by atoms with Crippen LogP contribution in [0.3, 0.4) is 0 Å². The van der Waals surface area contributed by atoms with Gasteiger partial charge in [0.05, 0.1) is 12.0 Å². The summed E-state index contributed by atoms with van der Waals surface area (Å²) in [4.78, 5) is 25.4. The molecule has 1 aliphatic heterocycles. The molecule has 1 aromatic carbocycles. The monoisotopic (exact) mass is 309 g/mol. The Hall–Kier alpha value is -1.69. The Morgan fingerprint density at radius 3 is 2.52 bits per heavy atom. The Kier molecular flexibility index (Phi) is 5.12. The molecule has 6 heteroatoms. The molecule has 1 amide bonds. The van der Waals surface area contributed by atoms with Crippen molar-refractivity contribution >= 4 is 23.6 Å². The number of hydrogen-bond donors (Lipinski definition) is 1. The third-order valence-electron chi connectivity index (χ3n) is 3.37. The fourth-order valence-corrected chi connectivity index (χ4v) is 3.70. The first kappa shape index (κ1) is 15.7. The molecule has 2 rings (SSSR count). The highest BCUT2D eigenvalue weighted by Gasteiger charge is 2.40. The van der Waals surface area contributed by atoms with E-state index in [1.807, 2.05) is 13.8 Å². The molecule has 0 aromatic heterocycles. The minimum Gasteiger partial charge on any atom is -0.494 e. The van der Waals surface area contributed by atoms with Gasteiger partial charge in [-0.3, -0.25) is 4.79 Å². The highest BCUT2D eigenvalue weighted by Crippen LogP contribution is 2.32. The summed E-state index contributed by atoms with van der Waals surface area (Å²) in [5.41, 5.74) is 0.491. The van der Waals surface area contributed by atoms with Gasteiger partial charge in [-0.2, -0.15) is 0 Å². The van der Waals surface area contributed by atoms with E-state index in [0.29, 0.717) is 23.7 Å². The lowest BCUT2D eigenvalue weighted by Gasteiger charge is -2.26. The van der Waals surface area contributed by atoms with Crippen LogP contribution in [-0.2, 0) is 4.79 Å². The average Bonchev–Trinajstić information content (AvgIpc) is 2.91. The van der Waals surface area contributed by atoms with Gasteiger partial charge in [0.2, 0.25) is 0 Å². The molecule has 1 aromatic rings. The van der Waals surface area contributed by atoms with Crippen LogP contribution in [-0.4, -0.2) is 45.7 Å². The van der Waals surface area contributed by atoms with Crippen molar-refractivity contribution in [1.82, 2.24) is 4.90 Å². The molecule has 114 valence electrons. The first-order valence-corrected chi connectivity index (χ1v) is 8.03. The normalized spacial score (nSPS) is 21.3. The fourth-order valence-electron chi connectivity index (χ4n) is 2.35. The van der Waals surface area contributed by atoms with Crippen LogP contribution in [0.15, 0.2) is 24.3 Å². The highest BCUT2D eigenvalue weighted by atomic mass is 32.2. The van der Waals surface area contributed by atoms with Gasteiger partial charge in [-0.15, -0.1) is 11.8 Å². The van der Waals surface area contributed by atoms with Crippen molar-refractivity contribution in [2.45, 2.75) is 31.7 Å². The number of carbonyl (C=O) groups is 2. The average molecular weight is 309 g/mol. The van der Waals surface area contributed by atoms with Gasteiger partial charge in [-0.1, -0.05) is 6.92 Å². The van der Waals surface area contributed by atoms with Crippen LogP contribution in [0.25, 0.3) is 0 Å². The fraction of sp³-hybridized carbons (Fsp3) is 0.467. The maximum atomic E-state index is 12.6. The zero-order chi connectivity index (χ0) is 15.4. The molecule has 1 saturated heterocycles.